The third-order valence-corrected chi connectivity index (χ3v) is 3.18. The Morgan fingerprint density at radius 3 is 2.39 bits per heavy atom. The van der Waals surface area contributed by atoms with Crippen molar-refractivity contribution in [2.45, 2.75) is 13.8 Å². The molecule has 0 aromatic heterocycles. The first kappa shape index (κ1) is 16.3. The lowest BCUT2D eigenvalue weighted by molar-refractivity contribution is -0.112. The van der Waals surface area contributed by atoms with Gasteiger partial charge < -0.3 is 10.1 Å². The summed E-state index contributed by atoms with van der Waals surface area (Å²) in [6.07, 6.45) is 1.55. The second-order valence-corrected chi connectivity index (χ2v) is 4.99. The molecule has 0 bridgehead atoms. The van der Waals surface area contributed by atoms with Crippen LogP contribution in [0.15, 0.2) is 54.1 Å². The summed E-state index contributed by atoms with van der Waals surface area (Å²) in [5, 5.41) is 11.9. The third kappa shape index (κ3) is 4.72. The van der Waals surface area contributed by atoms with Crippen LogP contribution < -0.4 is 10.1 Å². The van der Waals surface area contributed by atoms with Crippen molar-refractivity contribution in [2.75, 3.05) is 11.9 Å². The number of amides is 1. The minimum Gasteiger partial charge on any atom is -0.494 e. The van der Waals surface area contributed by atoms with Crippen molar-refractivity contribution in [1.29, 1.82) is 5.26 Å². The monoisotopic (exact) mass is 306 g/mol. The minimum atomic E-state index is -0.426. The lowest BCUT2D eigenvalue weighted by atomic mass is 10.1. The molecular weight excluding hydrogens is 288 g/mol. The number of hydrogen-bond donors (Lipinski definition) is 1. The highest BCUT2D eigenvalue weighted by atomic mass is 16.5. The normalized spacial score (nSPS) is 10.7. The van der Waals surface area contributed by atoms with Gasteiger partial charge in [0.2, 0.25) is 0 Å². The smallest absolute Gasteiger partial charge is 0.266 e. The van der Waals surface area contributed by atoms with Gasteiger partial charge in [-0.2, -0.15) is 5.26 Å². The number of nitriles is 1. The molecule has 1 N–H and O–H groups in total. The van der Waals surface area contributed by atoms with E-state index in [9.17, 15) is 10.1 Å². The van der Waals surface area contributed by atoms with Gasteiger partial charge in [0.15, 0.2) is 0 Å². The molecule has 0 aliphatic carbocycles. The number of hydrogen-bond acceptors (Lipinski definition) is 3. The fourth-order valence-electron chi connectivity index (χ4n) is 1.98. The number of anilines is 1. The van der Waals surface area contributed by atoms with Crippen LogP contribution in [0, 0.1) is 18.3 Å². The molecule has 1 amide bonds. The zero-order chi connectivity index (χ0) is 16.7. The molecular formula is C19H18N2O2. The van der Waals surface area contributed by atoms with Gasteiger partial charge >= 0.3 is 0 Å². The first-order chi connectivity index (χ1) is 11.1. The number of carbonyl (C=O) groups excluding carboxylic acids is 1. The molecule has 2 rings (SSSR count). The molecule has 2 aromatic carbocycles. The fraction of sp³-hybridized carbons (Fsp3) is 0.158. The summed E-state index contributed by atoms with van der Waals surface area (Å²) < 4.78 is 5.36. The van der Waals surface area contributed by atoms with E-state index in [4.69, 9.17) is 4.74 Å². The van der Waals surface area contributed by atoms with Crippen molar-refractivity contribution in [3.63, 3.8) is 0 Å². The van der Waals surface area contributed by atoms with E-state index in [0.29, 0.717) is 12.3 Å². The van der Waals surface area contributed by atoms with Crippen LogP contribution in [-0.2, 0) is 4.79 Å². The second-order valence-electron chi connectivity index (χ2n) is 4.99. The Hall–Kier alpha value is -3.06. The van der Waals surface area contributed by atoms with Crippen molar-refractivity contribution in [2.24, 2.45) is 0 Å². The van der Waals surface area contributed by atoms with E-state index in [-0.39, 0.29) is 5.57 Å². The topological polar surface area (TPSA) is 62.1 Å². The molecule has 0 saturated heterocycles. The highest BCUT2D eigenvalue weighted by Crippen LogP contribution is 2.16. The zero-order valence-corrected chi connectivity index (χ0v) is 13.2. The van der Waals surface area contributed by atoms with Crippen LogP contribution in [0.1, 0.15) is 18.1 Å². The average molecular weight is 306 g/mol. The highest BCUT2D eigenvalue weighted by molar-refractivity contribution is 6.09. The molecule has 0 atom stereocenters. The summed E-state index contributed by atoms with van der Waals surface area (Å²) in [6, 6.07) is 16.6. The predicted octanol–water partition coefficient (Wildman–Crippen LogP) is 3.94. The van der Waals surface area contributed by atoms with E-state index < -0.39 is 5.91 Å². The Kier molecular flexibility index (Phi) is 5.54. The Morgan fingerprint density at radius 1 is 1.17 bits per heavy atom. The molecule has 0 aliphatic heterocycles. The van der Waals surface area contributed by atoms with Crippen LogP contribution >= 0.6 is 0 Å². The van der Waals surface area contributed by atoms with Gasteiger partial charge in [0.1, 0.15) is 17.4 Å². The number of ether oxygens (including phenoxy) is 1. The van der Waals surface area contributed by atoms with Crippen LogP contribution in [0.25, 0.3) is 6.08 Å². The van der Waals surface area contributed by atoms with Gasteiger partial charge in [-0.15, -0.1) is 0 Å². The number of aryl methyl sites for hydroxylation is 1. The lowest BCUT2D eigenvalue weighted by Crippen LogP contribution is -2.13. The molecule has 0 heterocycles. The van der Waals surface area contributed by atoms with Gasteiger partial charge in [-0.3, -0.25) is 4.79 Å². The molecule has 0 aliphatic rings. The molecule has 0 spiro atoms. The molecule has 23 heavy (non-hydrogen) atoms. The van der Waals surface area contributed by atoms with Gasteiger partial charge in [0, 0.05) is 5.69 Å². The summed E-state index contributed by atoms with van der Waals surface area (Å²) in [7, 11) is 0. The van der Waals surface area contributed by atoms with E-state index in [0.717, 1.165) is 16.9 Å². The Bertz CT molecular complexity index is 738. The number of rotatable bonds is 5. The standard InChI is InChI=1S/C19H18N2O2/c1-3-23-18-10-6-15(7-11-18)12-16(13-20)19(22)21-17-8-4-14(2)5-9-17/h4-12H,3H2,1-2H3,(H,21,22)/b16-12-. The van der Waals surface area contributed by atoms with Gasteiger partial charge in [0.05, 0.1) is 6.61 Å². The second kappa shape index (κ2) is 7.81. The van der Waals surface area contributed by atoms with Crippen molar-refractivity contribution in [1.82, 2.24) is 0 Å². The largest absolute Gasteiger partial charge is 0.494 e. The number of nitrogens with one attached hydrogen (secondary N) is 1. The van der Waals surface area contributed by atoms with E-state index >= 15 is 0 Å². The minimum absolute atomic E-state index is 0.0507. The van der Waals surface area contributed by atoms with E-state index in [1.807, 2.05) is 56.3 Å². The SMILES string of the molecule is CCOc1ccc(/C=C(/C#N)C(=O)Nc2ccc(C)cc2)cc1. The number of nitrogens with zero attached hydrogens (tertiary/aromatic N) is 1. The highest BCUT2D eigenvalue weighted by Gasteiger charge is 2.09. The lowest BCUT2D eigenvalue weighted by Gasteiger charge is -2.05. The molecule has 0 fully saturated rings. The molecule has 0 unspecified atom stereocenters. The first-order valence-corrected chi connectivity index (χ1v) is 7.35. The van der Waals surface area contributed by atoms with Crippen molar-refractivity contribution in [3.8, 4) is 11.8 Å². The van der Waals surface area contributed by atoms with E-state index in [2.05, 4.69) is 5.32 Å². The van der Waals surface area contributed by atoms with Gasteiger partial charge in [-0.25, -0.2) is 0 Å². The first-order valence-electron chi connectivity index (χ1n) is 7.35. The molecule has 0 radical (unpaired) electrons. The Balaban J connectivity index is 2.12. The molecule has 0 saturated carbocycles. The summed E-state index contributed by atoms with van der Waals surface area (Å²) in [6.45, 7) is 4.48. The van der Waals surface area contributed by atoms with E-state index in [1.54, 1.807) is 18.2 Å². The van der Waals surface area contributed by atoms with Gasteiger partial charge in [-0.1, -0.05) is 29.8 Å². The summed E-state index contributed by atoms with van der Waals surface area (Å²) >= 11 is 0. The summed E-state index contributed by atoms with van der Waals surface area (Å²) in [4.78, 5) is 12.2. The fourth-order valence-corrected chi connectivity index (χ4v) is 1.98. The predicted molar refractivity (Wildman–Crippen MR) is 91.0 cm³/mol. The average Bonchev–Trinajstić information content (AvgIpc) is 2.56. The van der Waals surface area contributed by atoms with Crippen LogP contribution in [0.4, 0.5) is 5.69 Å². The van der Waals surface area contributed by atoms with Gasteiger partial charge in [-0.05, 0) is 49.8 Å². The molecule has 116 valence electrons. The molecule has 4 heteroatoms. The van der Waals surface area contributed by atoms with Crippen LogP contribution in [0.3, 0.4) is 0 Å². The van der Waals surface area contributed by atoms with Crippen molar-refractivity contribution < 1.29 is 9.53 Å². The summed E-state index contributed by atoms with van der Waals surface area (Å²) in [5.74, 6) is 0.331. The van der Waals surface area contributed by atoms with Crippen molar-refractivity contribution in [3.05, 3.63) is 65.2 Å². The molecule has 2 aromatic rings. The van der Waals surface area contributed by atoms with Crippen molar-refractivity contribution >= 4 is 17.7 Å². The zero-order valence-electron chi connectivity index (χ0n) is 13.2. The van der Waals surface area contributed by atoms with Crippen LogP contribution in [0.5, 0.6) is 5.75 Å². The number of benzene rings is 2. The third-order valence-electron chi connectivity index (χ3n) is 3.18. The quantitative estimate of drug-likeness (QED) is 0.672. The van der Waals surface area contributed by atoms with E-state index in [1.165, 1.54) is 0 Å². The summed E-state index contributed by atoms with van der Waals surface area (Å²) in [5.41, 5.74) is 2.58. The molecule has 4 nitrogen and oxygen atoms in total. The van der Waals surface area contributed by atoms with Crippen LogP contribution in [0.2, 0.25) is 0 Å². The van der Waals surface area contributed by atoms with Gasteiger partial charge in [0.25, 0.3) is 5.91 Å². The maximum atomic E-state index is 12.2. The maximum absolute atomic E-state index is 12.2. The Labute approximate surface area is 136 Å². The Morgan fingerprint density at radius 2 is 1.83 bits per heavy atom. The number of carbonyl (C=O) groups is 1. The maximum Gasteiger partial charge on any atom is 0.266 e. The van der Waals surface area contributed by atoms with Crippen LogP contribution in [-0.4, -0.2) is 12.5 Å².